The zero-order valence-electron chi connectivity index (χ0n) is 10.8. The van der Waals surface area contributed by atoms with E-state index in [1.165, 1.54) is 23.5 Å². The van der Waals surface area contributed by atoms with Crippen molar-refractivity contribution in [1.82, 2.24) is 4.31 Å². The van der Waals surface area contributed by atoms with Crippen LogP contribution in [0.5, 0.6) is 5.75 Å². The van der Waals surface area contributed by atoms with E-state index >= 15 is 0 Å². The molecule has 1 saturated heterocycles. The van der Waals surface area contributed by atoms with Crippen molar-refractivity contribution in [3.63, 3.8) is 0 Å². The second-order valence-electron chi connectivity index (χ2n) is 4.34. The van der Waals surface area contributed by atoms with E-state index in [9.17, 15) is 12.8 Å². The maximum atomic E-state index is 13.6. The summed E-state index contributed by atoms with van der Waals surface area (Å²) in [6.45, 7) is 2.73. The number of hydrogen-bond acceptors (Lipinski definition) is 4. The largest absolute Gasteiger partial charge is 0.494 e. The summed E-state index contributed by atoms with van der Waals surface area (Å²) in [6, 6.07) is 3.38. The smallest absolute Gasteiger partial charge is 0.243 e. The Bertz CT molecular complexity index is 561. The molecule has 0 N–H and O–H groups in total. The lowest BCUT2D eigenvalue weighted by Gasteiger charge is -2.32. The van der Waals surface area contributed by atoms with E-state index in [-0.39, 0.29) is 23.2 Å². The van der Waals surface area contributed by atoms with Crippen LogP contribution in [-0.2, 0) is 14.8 Å². The molecule has 19 heavy (non-hydrogen) atoms. The van der Waals surface area contributed by atoms with Gasteiger partial charge in [-0.1, -0.05) is 0 Å². The van der Waals surface area contributed by atoms with Crippen molar-refractivity contribution in [1.29, 1.82) is 0 Å². The fourth-order valence-electron chi connectivity index (χ4n) is 2.01. The van der Waals surface area contributed by atoms with E-state index in [1.807, 2.05) is 0 Å². The number of benzene rings is 1. The highest BCUT2D eigenvalue weighted by atomic mass is 32.2. The van der Waals surface area contributed by atoms with Gasteiger partial charge in [0.2, 0.25) is 10.0 Å². The first-order valence-corrected chi connectivity index (χ1v) is 7.34. The number of nitrogens with zero attached hydrogens (tertiary/aromatic N) is 1. The van der Waals surface area contributed by atoms with Crippen molar-refractivity contribution in [2.45, 2.75) is 17.9 Å². The van der Waals surface area contributed by atoms with Crippen LogP contribution in [-0.4, -0.2) is 45.6 Å². The minimum atomic E-state index is -3.70. The zero-order valence-corrected chi connectivity index (χ0v) is 11.6. The van der Waals surface area contributed by atoms with Gasteiger partial charge in [0.05, 0.1) is 25.2 Å². The molecule has 1 aliphatic rings. The topological polar surface area (TPSA) is 55.8 Å². The standard InChI is InChI=1S/C12H16FNO4S/c1-9-8-18-6-5-14(9)19(15,16)10-3-4-12(17-2)11(13)7-10/h3-4,7,9H,5-6,8H2,1-2H3/t9-/m0/s1. The molecule has 0 amide bonds. The van der Waals surface area contributed by atoms with Gasteiger partial charge < -0.3 is 9.47 Å². The van der Waals surface area contributed by atoms with Crippen molar-refractivity contribution in [2.75, 3.05) is 26.9 Å². The molecule has 5 nitrogen and oxygen atoms in total. The number of hydrogen-bond donors (Lipinski definition) is 0. The molecule has 1 aromatic rings. The quantitative estimate of drug-likeness (QED) is 0.840. The van der Waals surface area contributed by atoms with Crippen molar-refractivity contribution in [2.24, 2.45) is 0 Å². The number of morpholine rings is 1. The average molecular weight is 289 g/mol. The molecule has 1 aromatic carbocycles. The van der Waals surface area contributed by atoms with Crippen LogP contribution in [0.3, 0.4) is 0 Å². The van der Waals surface area contributed by atoms with Crippen LogP contribution in [0.15, 0.2) is 23.1 Å². The maximum absolute atomic E-state index is 13.6. The summed E-state index contributed by atoms with van der Waals surface area (Å²) in [6.07, 6.45) is 0. The van der Waals surface area contributed by atoms with Crippen LogP contribution in [0.1, 0.15) is 6.92 Å². The van der Waals surface area contributed by atoms with Crippen molar-refractivity contribution in [3.8, 4) is 5.75 Å². The first-order chi connectivity index (χ1) is 8.96. The number of sulfonamides is 1. The van der Waals surface area contributed by atoms with Crippen molar-refractivity contribution < 1.29 is 22.3 Å². The molecule has 0 spiro atoms. The summed E-state index contributed by atoms with van der Waals surface area (Å²) < 4.78 is 49.7. The molecular formula is C12H16FNO4S. The Morgan fingerprint density at radius 2 is 2.21 bits per heavy atom. The molecule has 0 saturated carbocycles. The van der Waals surface area contributed by atoms with Crippen LogP contribution in [0.4, 0.5) is 4.39 Å². The third-order valence-corrected chi connectivity index (χ3v) is 5.05. The zero-order chi connectivity index (χ0) is 14.0. The molecule has 0 unspecified atom stereocenters. The van der Waals surface area contributed by atoms with E-state index < -0.39 is 15.8 Å². The van der Waals surface area contributed by atoms with E-state index in [0.717, 1.165) is 6.07 Å². The molecule has 0 bridgehead atoms. The minimum Gasteiger partial charge on any atom is -0.494 e. The van der Waals surface area contributed by atoms with Gasteiger partial charge >= 0.3 is 0 Å². The van der Waals surface area contributed by atoms with Crippen molar-refractivity contribution in [3.05, 3.63) is 24.0 Å². The lowest BCUT2D eigenvalue weighted by molar-refractivity contribution is 0.0392. The molecule has 1 atom stereocenters. The van der Waals surface area contributed by atoms with Crippen LogP contribution in [0.25, 0.3) is 0 Å². The molecule has 2 rings (SSSR count). The second kappa shape index (κ2) is 5.44. The molecule has 1 heterocycles. The Labute approximate surface area is 112 Å². The van der Waals surface area contributed by atoms with Gasteiger partial charge in [-0.25, -0.2) is 12.8 Å². The molecule has 106 valence electrons. The highest BCUT2D eigenvalue weighted by molar-refractivity contribution is 7.89. The molecule has 1 fully saturated rings. The lowest BCUT2D eigenvalue weighted by atomic mass is 10.3. The van der Waals surface area contributed by atoms with E-state index in [2.05, 4.69) is 0 Å². The Balaban J connectivity index is 2.36. The van der Waals surface area contributed by atoms with Crippen LogP contribution >= 0.6 is 0 Å². The maximum Gasteiger partial charge on any atom is 0.243 e. The molecular weight excluding hydrogens is 273 g/mol. The monoisotopic (exact) mass is 289 g/mol. The molecule has 0 aromatic heterocycles. The summed E-state index contributed by atoms with van der Waals surface area (Å²) in [4.78, 5) is -0.0699. The van der Waals surface area contributed by atoms with Gasteiger partial charge in [-0.3, -0.25) is 0 Å². The summed E-state index contributed by atoms with van der Waals surface area (Å²) >= 11 is 0. The van der Waals surface area contributed by atoms with E-state index in [4.69, 9.17) is 9.47 Å². The third-order valence-electron chi connectivity index (χ3n) is 3.04. The van der Waals surface area contributed by atoms with Gasteiger partial charge in [0, 0.05) is 12.6 Å². The van der Waals surface area contributed by atoms with Crippen molar-refractivity contribution >= 4 is 10.0 Å². The van der Waals surface area contributed by atoms with Crippen LogP contribution in [0.2, 0.25) is 0 Å². The SMILES string of the molecule is COc1ccc(S(=O)(=O)N2CCOC[C@@H]2C)cc1F. The number of rotatable bonds is 3. The summed E-state index contributed by atoms with van der Waals surface area (Å²) in [5.41, 5.74) is 0. The lowest BCUT2D eigenvalue weighted by Crippen LogP contribution is -2.46. The first kappa shape index (κ1) is 14.2. The molecule has 1 aliphatic heterocycles. The fourth-order valence-corrected chi connectivity index (χ4v) is 3.62. The average Bonchev–Trinajstić information content (AvgIpc) is 2.39. The highest BCUT2D eigenvalue weighted by Crippen LogP contribution is 2.25. The van der Waals surface area contributed by atoms with E-state index in [1.54, 1.807) is 6.92 Å². The first-order valence-electron chi connectivity index (χ1n) is 5.90. The fraction of sp³-hybridized carbons (Fsp3) is 0.500. The van der Waals surface area contributed by atoms with Gasteiger partial charge in [-0.2, -0.15) is 4.31 Å². The Hall–Kier alpha value is -1.18. The third kappa shape index (κ3) is 2.72. The number of halogens is 1. The predicted octanol–water partition coefficient (Wildman–Crippen LogP) is 1.24. The minimum absolute atomic E-state index is 0.0222. The predicted molar refractivity (Wildman–Crippen MR) is 67.1 cm³/mol. The normalized spacial score (nSPS) is 21.3. The molecule has 0 radical (unpaired) electrons. The highest BCUT2D eigenvalue weighted by Gasteiger charge is 2.31. The van der Waals surface area contributed by atoms with Gasteiger partial charge in [0.15, 0.2) is 11.6 Å². The number of methoxy groups -OCH3 is 1. The van der Waals surface area contributed by atoms with Gasteiger partial charge in [-0.15, -0.1) is 0 Å². The van der Waals surface area contributed by atoms with Gasteiger partial charge in [0.1, 0.15) is 0 Å². The number of ether oxygens (including phenoxy) is 2. The van der Waals surface area contributed by atoms with Gasteiger partial charge in [0.25, 0.3) is 0 Å². The molecule has 0 aliphatic carbocycles. The van der Waals surface area contributed by atoms with Crippen LogP contribution in [0, 0.1) is 5.82 Å². The summed E-state index contributed by atoms with van der Waals surface area (Å²) in [5.74, 6) is -0.668. The summed E-state index contributed by atoms with van der Waals surface area (Å²) in [5, 5.41) is 0. The van der Waals surface area contributed by atoms with E-state index in [0.29, 0.717) is 13.2 Å². The van der Waals surface area contributed by atoms with Gasteiger partial charge in [-0.05, 0) is 25.1 Å². The van der Waals surface area contributed by atoms with Crippen LogP contribution < -0.4 is 4.74 Å². The Morgan fingerprint density at radius 3 is 2.79 bits per heavy atom. The summed E-state index contributed by atoms with van der Waals surface area (Å²) in [7, 11) is -2.37. The Kier molecular flexibility index (Phi) is 4.07. The Morgan fingerprint density at radius 1 is 1.47 bits per heavy atom. The second-order valence-corrected chi connectivity index (χ2v) is 6.23. The molecule has 7 heteroatoms.